The standard InChI is InChI=1S/C28H25NO5/c1-32-20-4-2-3-17(11-20)12-25-18(15-29)5-7-24-23(25)9-10-26(24)34-21-6-8-22-19(13-28(30)31)16-33-27(22)14-21/h2-8,11,14,19,26H,9-10,12-13,16H2,1H3,(H,30,31)/t19-,26-/m1/s1. The number of aliphatic carboxylic acids is 1. The Balaban J connectivity index is 1.39. The predicted octanol–water partition coefficient (Wildman–Crippen LogP) is 5.17. The van der Waals surface area contributed by atoms with E-state index in [0.717, 1.165) is 40.8 Å². The molecule has 0 radical (unpaired) electrons. The van der Waals surface area contributed by atoms with Gasteiger partial charge in [-0.1, -0.05) is 24.3 Å². The van der Waals surface area contributed by atoms with Gasteiger partial charge in [0.25, 0.3) is 0 Å². The van der Waals surface area contributed by atoms with Crippen LogP contribution < -0.4 is 14.2 Å². The van der Waals surface area contributed by atoms with Crippen LogP contribution in [0.3, 0.4) is 0 Å². The molecule has 0 unspecified atom stereocenters. The lowest BCUT2D eigenvalue weighted by Gasteiger charge is -2.17. The summed E-state index contributed by atoms with van der Waals surface area (Å²) in [7, 11) is 1.65. The van der Waals surface area contributed by atoms with E-state index in [1.807, 2.05) is 54.6 Å². The Kier molecular flexibility index (Phi) is 5.85. The largest absolute Gasteiger partial charge is 0.497 e. The van der Waals surface area contributed by atoms with Crippen LogP contribution in [0.1, 0.15) is 58.2 Å². The number of hydrogen-bond acceptors (Lipinski definition) is 5. The van der Waals surface area contributed by atoms with Crippen LogP contribution in [0.25, 0.3) is 0 Å². The molecule has 5 rings (SSSR count). The zero-order chi connectivity index (χ0) is 23.7. The summed E-state index contributed by atoms with van der Waals surface area (Å²) in [4.78, 5) is 11.1. The lowest BCUT2D eigenvalue weighted by molar-refractivity contribution is -0.137. The minimum Gasteiger partial charge on any atom is -0.497 e. The van der Waals surface area contributed by atoms with Crippen molar-refractivity contribution < 1.29 is 24.1 Å². The summed E-state index contributed by atoms with van der Waals surface area (Å²) in [5, 5.41) is 18.8. The molecule has 1 N–H and O–H groups in total. The summed E-state index contributed by atoms with van der Waals surface area (Å²) in [5.74, 6) is 1.24. The molecule has 3 aromatic rings. The van der Waals surface area contributed by atoms with E-state index in [9.17, 15) is 10.1 Å². The van der Waals surface area contributed by atoms with Crippen molar-refractivity contribution in [2.24, 2.45) is 0 Å². The SMILES string of the molecule is COc1cccc(Cc2c(C#N)ccc3c2CC[C@H]3Oc2ccc3c(c2)OC[C@H]3CC(=O)O)c1. The molecule has 6 heteroatoms. The maximum atomic E-state index is 11.1. The van der Waals surface area contributed by atoms with Crippen molar-refractivity contribution >= 4 is 5.97 Å². The normalized spacial score (nSPS) is 17.9. The molecule has 0 fully saturated rings. The number of carboxylic acid groups (broad SMARTS) is 1. The second kappa shape index (κ2) is 9.11. The van der Waals surface area contributed by atoms with Crippen molar-refractivity contribution in [2.45, 2.75) is 37.7 Å². The number of carboxylic acids is 1. The third-order valence-corrected chi connectivity index (χ3v) is 6.67. The minimum absolute atomic E-state index is 0.0560. The first kappa shape index (κ1) is 21.8. The average molecular weight is 456 g/mol. The fourth-order valence-electron chi connectivity index (χ4n) is 5.03. The maximum Gasteiger partial charge on any atom is 0.304 e. The summed E-state index contributed by atoms with van der Waals surface area (Å²) in [6.07, 6.45) is 2.28. The fourth-order valence-corrected chi connectivity index (χ4v) is 5.03. The zero-order valence-corrected chi connectivity index (χ0v) is 18.9. The van der Waals surface area contributed by atoms with Crippen LogP contribution >= 0.6 is 0 Å². The number of carbonyl (C=O) groups is 1. The molecule has 0 saturated carbocycles. The van der Waals surface area contributed by atoms with Crippen molar-refractivity contribution in [3.63, 3.8) is 0 Å². The molecule has 1 aliphatic heterocycles. The molecule has 0 spiro atoms. The second-order valence-electron chi connectivity index (χ2n) is 8.75. The number of fused-ring (bicyclic) bond motifs is 2. The highest BCUT2D eigenvalue weighted by Crippen LogP contribution is 2.42. The van der Waals surface area contributed by atoms with Gasteiger partial charge >= 0.3 is 5.97 Å². The summed E-state index contributed by atoms with van der Waals surface area (Å²) in [6.45, 7) is 0.377. The van der Waals surface area contributed by atoms with Gasteiger partial charge in [-0.25, -0.2) is 0 Å². The molecular formula is C28H25NO5. The molecule has 2 aliphatic rings. The van der Waals surface area contributed by atoms with Crippen LogP contribution in [0.5, 0.6) is 17.2 Å². The Morgan fingerprint density at radius 3 is 2.79 bits per heavy atom. The van der Waals surface area contributed by atoms with Gasteiger partial charge in [0.05, 0.1) is 31.8 Å². The molecule has 3 aromatic carbocycles. The molecule has 1 aliphatic carbocycles. The highest BCUT2D eigenvalue weighted by atomic mass is 16.5. The van der Waals surface area contributed by atoms with E-state index >= 15 is 0 Å². The quantitative estimate of drug-likeness (QED) is 0.528. The molecule has 0 amide bonds. The van der Waals surface area contributed by atoms with Crippen LogP contribution in [0.4, 0.5) is 0 Å². The number of rotatable bonds is 7. The Hall–Kier alpha value is -3.98. The van der Waals surface area contributed by atoms with Gasteiger partial charge in [0, 0.05) is 17.5 Å². The van der Waals surface area contributed by atoms with E-state index in [-0.39, 0.29) is 18.4 Å². The number of hydrogen-bond donors (Lipinski definition) is 1. The van der Waals surface area contributed by atoms with E-state index in [1.54, 1.807) is 7.11 Å². The molecular weight excluding hydrogens is 430 g/mol. The van der Waals surface area contributed by atoms with E-state index < -0.39 is 5.97 Å². The Labute approximate surface area is 198 Å². The van der Waals surface area contributed by atoms with Gasteiger partial charge in [0.1, 0.15) is 23.4 Å². The average Bonchev–Trinajstić information content (AvgIpc) is 3.43. The van der Waals surface area contributed by atoms with Crippen molar-refractivity contribution in [3.8, 4) is 23.3 Å². The van der Waals surface area contributed by atoms with Gasteiger partial charge in [0.2, 0.25) is 0 Å². The maximum absolute atomic E-state index is 11.1. The van der Waals surface area contributed by atoms with Gasteiger partial charge in [-0.2, -0.15) is 5.26 Å². The molecule has 2 atom stereocenters. The van der Waals surface area contributed by atoms with E-state index in [2.05, 4.69) is 6.07 Å². The van der Waals surface area contributed by atoms with E-state index in [1.165, 1.54) is 5.56 Å². The first-order valence-electron chi connectivity index (χ1n) is 11.4. The number of benzene rings is 3. The Morgan fingerprint density at radius 2 is 2.00 bits per heavy atom. The number of methoxy groups -OCH3 is 1. The molecule has 34 heavy (non-hydrogen) atoms. The summed E-state index contributed by atoms with van der Waals surface area (Å²) in [5.41, 5.74) is 6.06. The predicted molar refractivity (Wildman–Crippen MR) is 126 cm³/mol. The summed E-state index contributed by atoms with van der Waals surface area (Å²) in [6, 6.07) is 19.8. The zero-order valence-electron chi connectivity index (χ0n) is 18.9. The summed E-state index contributed by atoms with van der Waals surface area (Å²) >= 11 is 0. The number of nitriles is 1. The highest BCUT2D eigenvalue weighted by molar-refractivity contribution is 5.68. The molecule has 6 nitrogen and oxygen atoms in total. The van der Waals surface area contributed by atoms with Crippen LogP contribution in [0, 0.1) is 11.3 Å². The fraction of sp³-hybridized carbons (Fsp3) is 0.286. The molecule has 0 bridgehead atoms. The monoisotopic (exact) mass is 455 g/mol. The van der Waals surface area contributed by atoms with Crippen molar-refractivity contribution in [3.05, 3.63) is 88.0 Å². The van der Waals surface area contributed by atoms with Crippen molar-refractivity contribution in [1.29, 1.82) is 5.26 Å². The van der Waals surface area contributed by atoms with E-state index in [4.69, 9.17) is 19.3 Å². The van der Waals surface area contributed by atoms with Crippen LogP contribution in [-0.4, -0.2) is 24.8 Å². The van der Waals surface area contributed by atoms with Crippen molar-refractivity contribution in [2.75, 3.05) is 13.7 Å². The van der Waals surface area contributed by atoms with Gasteiger partial charge in [-0.15, -0.1) is 0 Å². The molecule has 172 valence electrons. The van der Waals surface area contributed by atoms with Crippen LogP contribution in [0.2, 0.25) is 0 Å². The topological polar surface area (TPSA) is 88.8 Å². The van der Waals surface area contributed by atoms with Gasteiger partial charge in [0.15, 0.2) is 0 Å². The molecule has 0 aromatic heterocycles. The Bertz CT molecular complexity index is 1290. The lowest BCUT2D eigenvalue weighted by Crippen LogP contribution is -2.07. The Morgan fingerprint density at radius 1 is 1.15 bits per heavy atom. The third kappa shape index (κ3) is 4.17. The van der Waals surface area contributed by atoms with Gasteiger partial charge < -0.3 is 19.3 Å². The van der Waals surface area contributed by atoms with Crippen LogP contribution in [-0.2, 0) is 17.6 Å². The minimum atomic E-state index is -0.828. The molecule has 1 heterocycles. The lowest BCUT2D eigenvalue weighted by atomic mass is 9.92. The van der Waals surface area contributed by atoms with Gasteiger partial charge in [-0.3, -0.25) is 4.79 Å². The first-order chi connectivity index (χ1) is 16.6. The highest BCUT2D eigenvalue weighted by Gasteiger charge is 2.30. The van der Waals surface area contributed by atoms with Crippen molar-refractivity contribution in [1.82, 2.24) is 0 Å². The number of ether oxygens (including phenoxy) is 3. The smallest absolute Gasteiger partial charge is 0.304 e. The van der Waals surface area contributed by atoms with Gasteiger partial charge in [-0.05, 0) is 65.8 Å². The molecule has 0 saturated heterocycles. The van der Waals surface area contributed by atoms with Crippen LogP contribution in [0.15, 0.2) is 54.6 Å². The summed E-state index contributed by atoms with van der Waals surface area (Å²) < 4.78 is 17.4. The first-order valence-corrected chi connectivity index (χ1v) is 11.4. The second-order valence-corrected chi connectivity index (χ2v) is 8.75. The van der Waals surface area contributed by atoms with E-state index in [0.29, 0.717) is 30.1 Å². The third-order valence-electron chi connectivity index (χ3n) is 6.67. The number of nitrogens with zero attached hydrogens (tertiary/aromatic N) is 1.